The first-order chi connectivity index (χ1) is 13.6. The maximum absolute atomic E-state index is 13.2. The number of aromatic amines is 1. The van der Waals surface area contributed by atoms with Gasteiger partial charge >= 0.3 is 0 Å². The molecule has 1 saturated carbocycles. The molecule has 0 saturated heterocycles. The highest BCUT2D eigenvalue weighted by atomic mass is 16.2. The fourth-order valence-corrected chi connectivity index (χ4v) is 4.08. The smallest absolute Gasteiger partial charge is 0.228 e. The number of nitrogens with one attached hydrogen (secondary N) is 2. The molecule has 2 aromatic rings. The molecule has 6 heteroatoms. The highest BCUT2D eigenvalue weighted by Crippen LogP contribution is 2.33. The molecule has 2 atom stereocenters. The van der Waals surface area contributed by atoms with E-state index < -0.39 is 0 Å². The van der Waals surface area contributed by atoms with E-state index in [0.717, 1.165) is 48.3 Å². The summed E-state index contributed by atoms with van der Waals surface area (Å²) in [5.41, 5.74) is 4.30. The van der Waals surface area contributed by atoms with Crippen molar-refractivity contribution in [2.75, 3.05) is 6.54 Å². The number of nitrogens with zero attached hydrogens (tertiary/aromatic N) is 2. The Morgan fingerprint density at radius 1 is 1.07 bits per heavy atom. The van der Waals surface area contributed by atoms with E-state index in [1.54, 1.807) is 6.20 Å². The maximum Gasteiger partial charge on any atom is 0.228 e. The van der Waals surface area contributed by atoms with Crippen LogP contribution in [-0.4, -0.2) is 34.1 Å². The molecule has 6 nitrogen and oxygen atoms in total. The van der Waals surface area contributed by atoms with Crippen LogP contribution in [0.4, 0.5) is 0 Å². The zero-order valence-corrected chi connectivity index (χ0v) is 15.9. The second-order valence-corrected chi connectivity index (χ2v) is 7.53. The summed E-state index contributed by atoms with van der Waals surface area (Å²) in [6.45, 7) is 2.43. The lowest BCUT2D eigenvalue weighted by molar-refractivity contribution is -0.126. The van der Waals surface area contributed by atoms with Gasteiger partial charge in [-0.3, -0.25) is 19.7 Å². The topological polar surface area (TPSA) is 87.2 Å². The molecule has 1 aromatic heterocycles. The second kappa shape index (κ2) is 7.92. The van der Waals surface area contributed by atoms with Crippen LogP contribution >= 0.6 is 0 Å². The van der Waals surface area contributed by atoms with E-state index in [4.69, 9.17) is 0 Å². The number of aromatic nitrogens is 2. The van der Waals surface area contributed by atoms with Gasteiger partial charge in [0.1, 0.15) is 0 Å². The molecule has 0 bridgehead atoms. The summed E-state index contributed by atoms with van der Waals surface area (Å²) < 4.78 is 0. The van der Waals surface area contributed by atoms with Crippen LogP contribution in [0, 0.1) is 11.8 Å². The van der Waals surface area contributed by atoms with Gasteiger partial charge in [-0.15, -0.1) is 0 Å². The van der Waals surface area contributed by atoms with Crippen molar-refractivity contribution in [1.82, 2.24) is 15.5 Å². The summed E-state index contributed by atoms with van der Waals surface area (Å²) in [4.78, 5) is 30.3. The second-order valence-electron chi connectivity index (χ2n) is 7.53. The van der Waals surface area contributed by atoms with Crippen molar-refractivity contribution in [2.24, 2.45) is 16.8 Å². The van der Waals surface area contributed by atoms with Gasteiger partial charge in [0, 0.05) is 35.0 Å². The molecule has 2 N–H and O–H groups in total. The molecule has 2 aliphatic rings. The standard InChI is InChI=1S/C22H24N4O2/c1-14-12-17(13-23-14)25-22(28)19-5-3-2-4-18(19)21(27)16-8-6-15(7-9-16)20-10-11-24-26-20/h6-12,18-19H,2-5,13H2,1H3,(H,24,26)(H,25,28). The van der Waals surface area contributed by atoms with Crippen LogP contribution in [0.5, 0.6) is 0 Å². The van der Waals surface area contributed by atoms with E-state index in [1.165, 1.54) is 0 Å². The van der Waals surface area contributed by atoms with Gasteiger partial charge in [-0.1, -0.05) is 37.1 Å². The number of H-pyrrole nitrogens is 1. The minimum absolute atomic E-state index is 0.0525. The Labute approximate surface area is 164 Å². The van der Waals surface area contributed by atoms with Gasteiger partial charge in [-0.2, -0.15) is 5.10 Å². The molecule has 0 radical (unpaired) electrons. The molecule has 144 valence electrons. The molecule has 28 heavy (non-hydrogen) atoms. The fraction of sp³-hybridized carbons (Fsp3) is 0.364. The van der Waals surface area contributed by atoms with Crippen molar-refractivity contribution >= 4 is 17.4 Å². The van der Waals surface area contributed by atoms with Crippen LogP contribution in [0.25, 0.3) is 11.3 Å². The number of hydrogen-bond acceptors (Lipinski definition) is 4. The van der Waals surface area contributed by atoms with Gasteiger partial charge in [0.15, 0.2) is 5.78 Å². The Hall–Kier alpha value is -3.02. The van der Waals surface area contributed by atoms with Crippen LogP contribution in [0.2, 0.25) is 0 Å². The molecule has 1 aliphatic heterocycles. The van der Waals surface area contributed by atoms with E-state index in [1.807, 2.05) is 43.3 Å². The molecular weight excluding hydrogens is 352 g/mol. The lowest BCUT2D eigenvalue weighted by Gasteiger charge is -2.29. The minimum Gasteiger partial charge on any atom is -0.328 e. The molecule has 2 heterocycles. The van der Waals surface area contributed by atoms with Gasteiger partial charge in [-0.05, 0) is 37.5 Å². The summed E-state index contributed by atoms with van der Waals surface area (Å²) in [5, 5.41) is 9.87. The van der Waals surface area contributed by atoms with E-state index in [0.29, 0.717) is 12.1 Å². The largest absolute Gasteiger partial charge is 0.328 e. The van der Waals surface area contributed by atoms with Crippen LogP contribution in [0.1, 0.15) is 43.0 Å². The third kappa shape index (κ3) is 3.81. The number of carbonyl (C=O) groups is 2. The first-order valence-electron chi connectivity index (χ1n) is 9.78. The molecule has 1 aliphatic carbocycles. The van der Waals surface area contributed by atoms with Crippen molar-refractivity contribution in [3.63, 3.8) is 0 Å². The normalized spacial score (nSPS) is 21.8. The van der Waals surface area contributed by atoms with Crippen molar-refractivity contribution in [3.05, 3.63) is 53.9 Å². The predicted octanol–water partition coefficient (Wildman–Crippen LogP) is 3.54. The van der Waals surface area contributed by atoms with Gasteiger partial charge < -0.3 is 5.32 Å². The number of hydrogen-bond donors (Lipinski definition) is 2. The Morgan fingerprint density at radius 2 is 1.82 bits per heavy atom. The van der Waals surface area contributed by atoms with Gasteiger partial charge in [0.2, 0.25) is 5.91 Å². The van der Waals surface area contributed by atoms with Crippen molar-refractivity contribution in [2.45, 2.75) is 32.6 Å². The third-order valence-corrected chi connectivity index (χ3v) is 5.59. The number of rotatable bonds is 5. The Morgan fingerprint density at radius 3 is 2.46 bits per heavy atom. The van der Waals surface area contributed by atoms with Crippen LogP contribution in [0.15, 0.2) is 53.3 Å². The van der Waals surface area contributed by atoms with Crippen molar-refractivity contribution in [1.29, 1.82) is 0 Å². The lowest BCUT2D eigenvalue weighted by atomic mass is 9.75. The monoisotopic (exact) mass is 376 g/mol. The number of carbonyl (C=O) groups excluding carboxylic acids is 2. The zero-order chi connectivity index (χ0) is 19.5. The lowest BCUT2D eigenvalue weighted by Crippen LogP contribution is -2.39. The SMILES string of the molecule is CC1=NCC(NC(=O)C2CCCCC2C(=O)c2ccc(-c3ccn[nH]3)cc2)=C1. The fourth-order valence-electron chi connectivity index (χ4n) is 4.08. The predicted molar refractivity (Wildman–Crippen MR) is 108 cm³/mol. The molecule has 1 amide bonds. The van der Waals surface area contributed by atoms with Crippen molar-refractivity contribution < 1.29 is 9.59 Å². The molecule has 2 unspecified atom stereocenters. The first-order valence-corrected chi connectivity index (χ1v) is 9.78. The Kier molecular flexibility index (Phi) is 5.19. The third-order valence-electron chi connectivity index (χ3n) is 5.59. The maximum atomic E-state index is 13.2. The minimum atomic E-state index is -0.282. The summed E-state index contributed by atoms with van der Waals surface area (Å²) in [6, 6.07) is 9.42. The average molecular weight is 376 g/mol. The van der Waals surface area contributed by atoms with Crippen LogP contribution < -0.4 is 5.32 Å². The summed E-state index contributed by atoms with van der Waals surface area (Å²) in [7, 11) is 0. The molecule has 1 aromatic carbocycles. The number of ketones is 1. The van der Waals surface area contributed by atoms with Crippen LogP contribution in [0.3, 0.4) is 0 Å². The molecule has 4 rings (SSSR count). The van der Waals surface area contributed by atoms with Gasteiger partial charge in [-0.25, -0.2) is 0 Å². The highest BCUT2D eigenvalue weighted by Gasteiger charge is 2.36. The number of allylic oxidation sites excluding steroid dienone is 1. The summed E-state index contributed by atoms with van der Waals surface area (Å²) in [6.07, 6.45) is 7.07. The molecule has 1 fully saturated rings. The van der Waals surface area contributed by atoms with Crippen molar-refractivity contribution in [3.8, 4) is 11.3 Å². The Balaban J connectivity index is 1.48. The number of benzene rings is 1. The summed E-state index contributed by atoms with van der Waals surface area (Å²) in [5.74, 6) is -0.543. The Bertz CT molecular complexity index is 926. The summed E-state index contributed by atoms with van der Waals surface area (Å²) >= 11 is 0. The van der Waals surface area contributed by atoms with E-state index in [2.05, 4.69) is 20.5 Å². The van der Waals surface area contributed by atoms with E-state index >= 15 is 0 Å². The highest BCUT2D eigenvalue weighted by molar-refractivity contribution is 6.01. The first kappa shape index (κ1) is 18.3. The zero-order valence-electron chi connectivity index (χ0n) is 15.9. The van der Waals surface area contributed by atoms with Crippen LogP contribution in [-0.2, 0) is 4.79 Å². The number of aliphatic imine (C=N–C) groups is 1. The van der Waals surface area contributed by atoms with E-state index in [9.17, 15) is 9.59 Å². The number of Topliss-reactive ketones (excluding diaryl/α,β-unsaturated/α-hetero) is 1. The molecular formula is C22H24N4O2. The average Bonchev–Trinajstić information content (AvgIpc) is 3.39. The van der Waals surface area contributed by atoms with Gasteiger partial charge in [0.05, 0.1) is 12.2 Å². The quantitative estimate of drug-likeness (QED) is 0.783. The number of amides is 1. The van der Waals surface area contributed by atoms with E-state index in [-0.39, 0.29) is 23.5 Å². The van der Waals surface area contributed by atoms with Gasteiger partial charge in [0.25, 0.3) is 0 Å². The molecule has 0 spiro atoms.